The second-order valence-electron chi connectivity index (χ2n) is 4.17. The molecule has 0 atom stereocenters. The number of hydrogen-bond acceptors (Lipinski definition) is 5. The molecule has 0 aliphatic carbocycles. The second-order valence-corrected chi connectivity index (χ2v) is 5.09. The number of fused-ring (bicyclic) bond motifs is 1. The van der Waals surface area contributed by atoms with Crippen molar-refractivity contribution in [3.8, 4) is 6.07 Å². The Bertz CT molecular complexity index is 835. The van der Waals surface area contributed by atoms with E-state index in [4.69, 9.17) is 15.4 Å². The van der Waals surface area contributed by atoms with Crippen LogP contribution in [0, 0.1) is 11.3 Å². The van der Waals surface area contributed by atoms with Crippen LogP contribution < -0.4 is 11.1 Å². The lowest BCUT2D eigenvalue weighted by atomic mass is 10.2. The molecule has 0 fully saturated rings. The van der Waals surface area contributed by atoms with Gasteiger partial charge in [-0.05, 0) is 36.4 Å². The first kappa shape index (κ1) is 12.5. The van der Waals surface area contributed by atoms with E-state index in [1.54, 1.807) is 36.4 Å². The minimum Gasteiger partial charge on any atom is -0.423 e. The molecular weight excluding hydrogens is 320 g/mol. The van der Waals surface area contributed by atoms with Crippen molar-refractivity contribution in [2.24, 2.45) is 0 Å². The number of halogens is 1. The zero-order chi connectivity index (χ0) is 14.1. The zero-order valence-electron chi connectivity index (χ0n) is 10.2. The van der Waals surface area contributed by atoms with Gasteiger partial charge >= 0.3 is 0 Å². The van der Waals surface area contributed by atoms with Crippen LogP contribution in [0.15, 0.2) is 45.3 Å². The number of anilines is 3. The first-order chi connectivity index (χ1) is 9.65. The fraction of sp³-hybridized carbons (Fsp3) is 0. The van der Waals surface area contributed by atoms with E-state index in [1.807, 2.05) is 0 Å². The molecule has 1 heterocycles. The van der Waals surface area contributed by atoms with Crippen LogP contribution in [0.2, 0.25) is 0 Å². The highest BCUT2D eigenvalue weighted by atomic mass is 79.9. The largest absolute Gasteiger partial charge is 0.423 e. The number of hydrogen-bond donors (Lipinski definition) is 2. The first-order valence-electron chi connectivity index (χ1n) is 5.78. The maximum absolute atomic E-state index is 9.09. The summed E-state index contributed by atoms with van der Waals surface area (Å²) >= 11 is 3.37. The second kappa shape index (κ2) is 4.87. The highest BCUT2D eigenvalue weighted by Gasteiger charge is 2.09. The SMILES string of the molecule is N#Cc1ccc(Br)cc1Nc1nc2cc(N)ccc2o1. The van der Waals surface area contributed by atoms with Crippen LogP contribution in [0.4, 0.5) is 17.4 Å². The lowest BCUT2D eigenvalue weighted by Gasteiger charge is -2.04. The lowest BCUT2D eigenvalue weighted by molar-refractivity contribution is 0.623. The van der Waals surface area contributed by atoms with Gasteiger partial charge in [0, 0.05) is 10.2 Å². The summed E-state index contributed by atoms with van der Waals surface area (Å²) < 4.78 is 6.42. The molecular formula is C14H9BrN4O. The minimum atomic E-state index is 0.320. The normalized spacial score (nSPS) is 10.4. The molecule has 6 heteroatoms. The van der Waals surface area contributed by atoms with E-state index in [9.17, 15) is 0 Å². The molecule has 3 rings (SSSR count). The predicted octanol–water partition coefficient (Wildman–Crippen LogP) is 3.79. The Morgan fingerprint density at radius 1 is 1.25 bits per heavy atom. The Morgan fingerprint density at radius 3 is 2.90 bits per heavy atom. The number of nitrogens with zero attached hydrogens (tertiary/aromatic N) is 2. The van der Waals surface area contributed by atoms with Crippen LogP contribution in [0.1, 0.15) is 5.56 Å². The van der Waals surface area contributed by atoms with E-state index in [0.29, 0.717) is 34.1 Å². The molecule has 2 aromatic carbocycles. The fourth-order valence-electron chi connectivity index (χ4n) is 1.83. The fourth-order valence-corrected chi connectivity index (χ4v) is 2.19. The summed E-state index contributed by atoms with van der Waals surface area (Å²) in [7, 11) is 0. The topological polar surface area (TPSA) is 87.9 Å². The van der Waals surface area contributed by atoms with Gasteiger partial charge in [0.2, 0.25) is 0 Å². The third kappa shape index (κ3) is 2.31. The Morgan fingerprint density at radius 2 is 2.10 bits per heavy atom. The van der Waals surface area contributed by atoms with E-state index in [0.717, 1.165) is 4.47 Å². The van der Waals surface area contributed by atoms with Gasteiger partial charge in [0.05, 0.1) is 11.3 Å². The number of benzene rings is 2. The smallest absolute Gasteiger partial charge is 0.300 e. The third-order valence-corrected chi connectivity index (χ3v) is 3.25. The molecule has 0 unspecified atom stereocenters. The Hall–Kier alpha value is -2.52. The number of rotatable bonds is 2. The summed E-state index contributed by atoms with van der Waals surface area (Å²) in [5.41, 5.74) is 8.76. The van der Waals surface area contributed by atoms with Crippen LogP contribution in [0.3, 0.4) is 0 Å². The van der Waals surface area contributed by atoms with Crippen molar-refractivity contribution in [3.05, 3.63) is 46.4 Å². The standard InChI is InChI=1S/C14H9BrN4O/c15-9-2-1-8(7-16)11(5-9)18-14-19-12-6-10(17)3-4-13(12)20-14/h1-6H,17H2,(H,18,19). The van der Waals surface area contributed by atoms with Gasteiger partial charge in [-0.3, -0.25) is 0 Å². The molecule has 3 N–H and O–H groups in total. The van der Waals surface area contributed by atoms with Crippen LogP contribution in [-0.4, -0.2) is 4.98 Å². The number of nitriles is 1. The third-order valence-electron chi connectivity index (χ3n) is 2.76. The molecule has 0 amide bonds. The maximum Gasteiger partial charge on any atom is 0.300 e. The molecule has 0 aliphatic heterocycles. The number of nitrogens with two attached hydrogens (primary N) is 1. The minimum absolute atomic E-state index is 0.320. The molecule has 1 aromatic heterocycles. The predicted molar refractivity (Wildman–Crippen MR) is 80.6 cm³/mol. The van der Waals surface area contributed by atoms with Crippen LogP contribution in [-0.2, 0) is 0 Å². The first-order valence-corrected chi connectivity index (χ1v) is 6.58. The van der Waals surface area contributed by atoms with Gasteiger partial charge in [-0.25, -0.2) is 0 Å². The Kier molecular flexibility index (Phi) is 3.05. The van der Waals surface area contributed by atoms with Crippen molar-refractivity contribution >= 4 is 44.4 Å². The van der Waals surface area contributed by atoms with E-state index in [1.165, 1.54) is 0 Å². The average molecular weight is 329 g/mol. The van der Waals surface area contributed by atoms with Crippen molar-refractivity contribution in [2.45, 2.75) is 0 Å². The summed E-state index contributed by atoms with van der Waals surface area (Å²) in [4.78, 5) is 4.29. The molecule has 0 bridgehead atoms. The molecule has 0 aliphatic rings. The summed E-state index contributed by atoms with van der Waals surface area (Å²) in [6.07, 6.45) is 0. The quantitative estimate of drug-likeness (QED) is 0.699. The summed E-state index contributed by atoms with van der Waals surface area (Å²) in [6.45, 7) is 0. The molecule has 0 spiro atoms. The van der Waals surface area contributed by atoms with Crippen molar-refractivity contribution in [2.75, 3.05) is 11.1 Å². The average Bonchev–Trinajstić information content (AvgIpc) is 2.80. The molecule has 0 saturated carbocycles. The van der Waals surface area contributed by atoms with Gasteiger partial charge < -0.3 is 15.5 Å². The Labute approximate surface area is 123 Å². The van der Waals surface area contributed by atoms with Gasteiger partial charge in [-0.15, -0.1) is 0 Å². The van der Waals surface area contributed by atoms with Gasteiger partial charge in [-0.1, -0.05) is 15.9 Å². The molecule has 98 valence electrons. The highest BCUT2D eigenvalue weighted by molar-refractivity contribution is 9.10. The molecule has 0 radical (unpaired) electrons. The van der Waals surface area contributed by atoms with Crippen LogP contribution in [0.25, 0.3) is 11.1 Å². The summed E-state index contributed by atoms with van der Waals surface area (Å²) in [5, 5.41) is 12.1. The molecule has 5 nitrogen and oxygen atoms in total. The number of aromatic nitrogens is 1. The monoisotopic (exact) mass is 328 g/mol. The van der Waals surface area contributed by atoms with Gasteiger partial charge in [-0.2, -0.15) is 10.2 Å². The van der Waals surface area contributed by atoms with Crippen molar-refractivity contribution < 1.29 is 4.42 Å². The van der Waals surface area contributed by atoms with E-state index in [-0.39, 0.29) is 0 Å². The molecule has 3 aromatic rings. The lowest BCUT2D eigenvalue weighted by Crippen LogP contribution is -1.93. The van der Waals surface area contributed by atoms with E-state index >= 15 is 0 Å². The van der Waals surface area contributed by atoms with Crippen molar-refractivity contribution in [1.29, 1.82) is 5.26 Å². The zero-order valence-corrected chi connectivity index (χ0v) is 11.8. The van der Waals surface area contributed by atoms with Crippen molar-refractivity contribution in [1.82, 2.24) is 4.98 Å². The van der Waals surface area contributed by atoms with Gasteiger partial charge in [0.15, 0.2) is 5.58 Å². The number of nitrogen functional groups attached to an aromatic ring is 1. The number of nitrogens with one attached hydrogen (secondary N) is 1. The highest BCUT2D eigenvalue weighted by Crippen LogP contribution is 2.27. The maximum atomic E-state index is 9.09. The van der Waals surface area contributed by atoms with Gasteiger partial charge in [0.1, 0.15) is 11.6 Å². The Balaban J connectivity index is 2.01. The molecule has 20 heavy (non-hydrogen) atoms. The van der Waals surface area contributed by atoms with E-state index in [2.05, 4.69) is 32.3 Å². The van der Waals surface area contributed by atoms with E-state index < -0.39 is 0 Å². The van der Waals surface area contributed by atoms with Crippen molar-refractivity contribution in [3.63, 3.8) is 0 Å². The van der Waals surface area contributed by atoms with Crippen LogP contribution in [0.5, 0.6) is 0 Å². The number of oxazole rings is 1. The summed E-state index contributed by atoms with van der Waals surface area (Å²) in [5.74, 6) is 0. The molecule has 0 saturated heterocycles. The van der Waals surface area contributed by atoms with Crippen LogP contribution >= 0.6 is 15.9 Å². The van der Waals surface area contributed by atoms with Gasteiger partial charge in [0.25, 0.3) is 6.01 Å². The summed E-state index contributed by atoms with van der Waals surface area (Å²) in [6, 6.07) is 13.0.